The van der Waals surface area contributed by atoms with Crippen LogP contribution in [0, 0.1) is 11.8 Å². The van der Waals surface area contributed by atoms with E-state index in [1.54, 1.807) is 0 Å². The number of esters is 2. The lowest BCUT2D eigenvalue weighted by atomic mass is 9.74. The van der Waals surface area contributed by atoms with Crippen LogP contribution in [0.15, 0.2) is 11.1 Å². The first-order valence-electron chi connectivity index (χ1n) is 8.70. The van der Waals surface area contributed by atoms with Crippen molar-refractivity contribution in [2.75, 3.05) is 13.2 Å². The molecule has 1 saturated carbocycles. The van der Waals surface area contributed by atoms with Crippen molar-refractivity contribution in [1.29, 1.82) is 0 Å². The Labute approximate surface area is 133 Å². The lowest BCUT2D eigenvalue weighted by molar-refractivity contribution is -0.150. The predicted molar refractivity (Wildman–Crippen MR) is 84.2 cm³/mol. The van der Waals surface area contributed by atoms with E-state index < -0.39 is 0 Å². The van der Waals surface area contributed by atoms with Crippen LogP contribution in [-0.4, -0.2) is 25.2 Å². The van der Waals surface area contributed by atoms with Crippen molar-refractivity contribution in [1.82, 2.24) is 0 Å². The Balaban J connectivity index is 2.13. The zero-order valence-corrected chi connectivity index (χ0v) is 13.9. The third-order valence-electron chi connectivity index (χ3n) is 4.84. The molecule has 0 aromatic carbocycles. The molecule has 22 heavy (non-hydrogen) atoms. The highest BCUT2D eigenvalue weighted by Gasteiger charge is 2.36. The van der Waals surface area contributed by atoms with Gasteiger partial charge in [0, 0.05) is 0 Å². The summed E-state index contributed by atoms with van der Waals surface area (Å²) in [6.07, 6.45) is 7.71. The van der Waals surface area contributed by atoms with Crippen LogP contribution in [0.1, 0.15) is 65.2 Å². The largest absolute Gasteiger partial charge is 0.466 e. The minimum atomic E-state index is -0.139. The molecule has 2 atom stereocenters. The second kappa shape index (κ2) is 8.35. The molecule has 0 aromatic rings. The number of ether oxygens (including phenoxy) is 2. The van der Waals surface area contributed by atoms with Gasteiger partial charge in [-0.15, -0.1) is 0 Å². The highest BCUT2D eigenvalue weighted by molar-refractivity contribution is 5.75. The molecule has 0 aliphatic heterocycles. The number of hydrogen-bond acceptors (Lipinski definition) is 4. The fourth-order valence-electron chi connectivity index (χ4n) is 3.94. The van der Waals surface area contributed by atoms with E-state index in [4.69, 9.17) is 9.47 Å². The molecule has 0 unspecified atom stereocenters. The van der Waals surface area contributed by atoms with E-state index in [0.29, 0.717) is 19.6 Å². The van der Waals surface area contributed by atoms with Crippen LogP contribution in [-0.2, 0) is 19.1 Å². The molecule has 0 amide bonds. The summed E-state index contributed by atoms with van der Waals surface area (Å²) in [5.41, 5.74) is 2.57. The summed E-state index contributed by atoms with van der Waals surface area (Å²) in [5.74, 6) is 0.0706. The lowest BCUT2D eigenvalue weighted by Gasteiger charge is -2.32. The average molecular weight is 308 g/mol. The van der Waals surface area contributed by atoms with Crippen LogP contribution in [0.3, 0.4) is 0 Å². The Morgan fingerprint density at radius 2 is 1.73 bits per heavy atom. The first-order chi connectivity index (χ1) is 10.7. The summed E-state index contributed by atoms with van der Waals surface area (Å²) in [6, 6.07) is 0. The first-order valence-corrected chi connectivity index (χ1v) is 8.70. The van der Waals surface area contributed by atoms with Crippen LogP contribution in [0.5, 0.6) is 0 Å². The number of carbonyl (C=O) groups excluding carboxylic acids is 2. The number of rotatable bonds is 6. The zero-order chi connectivity index (χ0) is 15.9. The Hall–Kier alpha value is -1.32. The summed E-state index contributed by atoms with van der Waals surface area (Å²) >= 11 is 0. The van der Waals surface area contributed by atoms with Gasteiger partial charge in [-0.05, 0) is 51.9 Å². The van der Waals surface area contributed by atoms with Crippen molar-refractivity contribution in [3.8, 4) is 0 Å². The van der Waals surface area contributed by atoms with Gasteiger partial charge in [-0.2, -0.15) is 0 Å². The van der Waals surface area contributed by atoms with Gasteiger partial charge in [0.05, 0.1) is 25.6 Å². The molecule has 1 fully saturated rings. The van der Waals surface area contributed by atoms with Crippen molar-refractivity contribution < 1.29 is 19.1 Å². The third-order valence-corrected chi connectivity index (χ3v) is 4.84. The maximum Gasteiger partial charge on any atom is 0.309 e. The fraction of sp³-hybridized carbons (Fsp3) is 0.778. The van der Waals surface area contributed by atoms with Gasteiger partial charge in [-0.25, -0.2) is 0 Å². The van der Waals surface area contributed by atoms with E-state index in [-0.39, 0.29) is 23.8 Å². The van der Waals surface area contributed by atoms with Crippen LogP contribution < -0.4 is 0 Å². The highest BCUT2D eigenvalue weighted by Crippen LogP contribution is 2.43. The fourth-order valence-corrected chi connectivity index (χ4v) is 3.94. The van der Waals surface area contributed by atoms with Crippen molar-refractivity contribution >= 4 is 11.9 Å². The lowest BCUT2D eigenvalue weighted by Crippen LogP contribution is -2.30. The molecule has 4 nitrogen and oxygen atoms in total. The summed E-state index contributed by atoms with van der Waals surface area (Å²) < 4.78 is 10.4. The summed E-state index contributed by atoms with van der Waals surface area (Å²) in [5, 5.41) is 0. The monoisotopic (exact) mass is 308 g/mol. The minimum Gasteiger partial charge on any atom is -0.466 e. The van der Waals surface area contributed by atoms with Gasteiger partial charge in [0.1, 0.15) is 0 Å². The summed E-state index contributed by atoms with van der Waals surface area (Å²) in [4.78, 5) is 24.1. The molecule has 0 saturated heterocycles. The molecular weight excluding hydrogens is 280 g/mol. The molecule has 0 radical (unpaired) electrons. The molecule has 124 valence electrons. The van der Waals surface area contributed by atoms with Gasteiger partial charge in [0.25, 0.3) is 0 Å². The number of carbonyl (C=O) groups is 2. The van der Waals surface area contributed by atoms with E-state index in [9.17, 15) is 9.59 Å². The topological polar surface area (TPSA) is 52.6 Å². The van der Waals surface area contributed by atoms with Crippen molar-refractivity contribution in [3.63, 3.8) is 0 Å². The molecule has 2 aliphatic rings. The Morgan fingerprint density at radius 1 is 1.00 bits per heavy atom. The van der Waals surface area contributed by atoms with Gasteiger partial charge in [-0.3, -0.25) is 9.59 Å². The van der Waals surface area contributed by atoms with E-state index in [2.05, 4.69) is 0 Å². The van der Waals surface area contributed by atoms with Gasteiger partial charge < -0.3 is 9.47 Å². The van der Waals surface area contributed by atoms with E-state index in [1.165, 1.54) is 11.1 Å². The maximum atomic E-state index is 12.3. The second-order valence-corrected chi connectivity index (χ2v) is 6.21. The summed E-state index contributed by atoms with van der Waals surface area (Å²) in [7, 11) is 0. The zero-order valence-electron chi connectivity index (χ0n) is 13.9. The second-order valence-electron chi connectivity index (χ2n) is 6.21. The Bertz CT molecular complexity index is 438. The van der Waals surface area contributed by atoms with Crippen LogP contribution >= 0.6 is 0 Å². The molecule has 4 heteroatoms. The molecule has 0 N–H and O–H groups in total. The Kier molecular flexibility index (Phi) is 6.47. The van der Waals surface area contributed by atoms with Crippen LogP contribution in [0.4, 0.5) is 0 Å². The average Bonchev–Trinajstić information content (AvgIpc) is 2.95. The molecule has 2 rings (SSSR count). The molecular formula is C18H28O4. The predicted octanol–water partition coefficient (Wildman–Crippen LogP) is 3.79. The van der Waals surface area contributed by atoms with E-state index in [1.807, 2.05) is 13.8 Å². The van der Waals surface area contributed by atoms with Crippen LogP contribution in [0.25, 0.3) is 0 Å². The van der Waals surface area contributed by atoms with Crippen molar-refractivity contribution in [2.45, 2.75) is 65.2 Å². The van der Waals surface area contributed by atoms with Crippen LogP contribution in [0.2, 0.25) is 0 Å². The van der Waals surface area contributed by atoms with Gasteiger partial charge in [-0.1, -0.05) is 24.0 Å². The summed E-state index contributed by atoms with van der Waals surface area (Å²) in [6.45, 7) is 4.56. The highest BCUT2D eigenvalue weighted by atomic mass is 16.5. The number of hydrogen-bond donors (Lipinski definition) is 0. The maximum absolute atomic E-state index is 12.3. The minimum absolute atomic E-state index is 0.0148. The molecule has 0 spiro atoms. The van der Waals surface area contributed by atoms with Crippen molar-refractivity contribution in [2.24, 2.45) is 11.8 Å². The smallest absolute Gasteiger partial charge is 0.309 e. The van der Waals surface area contributed by atoms with Gasteiger partial charge in [0.15, 0.2) is 0 Å². The Morgan fingerprint density at radius 3 is 2.45 bits per heavy atom. The SMILES string of the molecule is CCOC(=O)CC1=C([C@@H]2CCCC[C@@H]2C(=O)OCC)CCC1. The molecule has 2 aliphatic carbocycles. The van der Waals surface area contributed by atoms with E-state index >= 15 is 0 Å². The third kappa shape index (κ3) is 4.11. The number of allylic oxidation sites excluding steroid dienone is 1. The molecule has 0 heterocycles. The normalized spacial score (nSPS) is 25.2. The van der Waals surface area contributed by atoms with Gasteiger partial charge >= 0.3 is 11.9 Å². The molecule has 0 aromatic heterocycles. The molecule has 0 bridgehead atoms. The van der Waals surface area contributed by atoms with E-state index in [0.717, 1.165) is 44.9 Å². The standard InChI is InChI=1S/C18H28O4/c1-3-21-17(19)12-13-8-7-11-14(13)15-9-5-6-10-16(15)18(20)22-4-2/h15-16H,3-12H2,1-2H3/t15-,16-/m0/s1. The van der Waals surface area contributed by atoms with Gasteiger partial charge in [0.2, 0.25) is 0 Å². The quantitative estimate of drug-likeness (QED) is 0.553. The van der Waals surface area contributed by atoms with Crippen molar-refractivity contribution in [3.05, 3.63) is 11.1 Å². The first kappa shape index (κ1) is 17.0.